The van der Waals surface area contributed by atoms with Gasteiger partial charge in [-0.25, -0.2) is 4.79 Å². The van der Waals surface area contributed by atoms with E-state index in [0.29, 0.717) is 0 Å². The lowest BCUT2D eigenvalue weighted by Gasteiger charge is -2.09. The molecule has 0 radical (unpaired) electrons. The zero-order valence-corrected chi connectivity index (χ0v) is 9.38. The molecule has 0 bridgehead atoms. The Morgan fingerprint density at radius 1 is 1.33 bits per heavy atom. The molecule has 0 unspecified atom stereocenters. The fraction of sp³-hybridized carbons (Fsp3) is 0.273. The number of amides is 1. The van der Waals surface area contributed by atoms with Gasteiger partial charge in [-0.2, -0.15) is 13.2 Å². The van der Waals surface area contributed by atoms with E-state index in [4.69, 9.17) is 0 Å². The van der Waals surface area contributed by atoms with Crippen molar-refractivity contribution >= 4 is 11.9 Å². The molecule has 4 nitrogen and oxygen atoms in total. The lowest BCUT2D eigenvalue weighted by Crippen LogP contribution is -2.31. The van der Waals surface area contributed by atoms with Crippen molar-refractivity contribution in [2.75, 3.05) is 7.11 Å². The molecule has 0 fully saturated rings. The lowest BCUT2D eigenvalue weighted by atomic mass is 10.1. The van der Waals surface area contributed by atoms with Crippen LogP contribution >= 0.6 is 0 Å². The molecule has 1 aromatic carbocycles. The standard InChI is InChI=1S/C11H10F3NO3/c1-18-10(17)9(16)15-6-7-3-2-4-8(5-7)11(12,13)14/h2-5H,6H2,1H3,(H,15,16). The van der Waals surface area contributed by atoms with Gasteiger partial charge in [-0.05, 0) is 17.7 Å². The lowest BCUT2D eigenvalue weighted by molar-refractivity contribution is -0.152. The van der Waals surface area contributed by atoms with Crippen molar-refractivity contribution < 1.29 is 27.5 Å². The van der Waals surface area contributed by atoms with Crippen LogP contribution in [0.3, 0.4) is 0 Å². The molecule has 1 N–H and O–H groups in total. The summed E-state index contributed by atoms with van der Waals surface area (Å²) in [7, 11) is 1.03. The quantitative estimate of drug-likeness (QED) is 0.648. The first kappa shape index (κ1) is 14.0. The van der Waals surface area contributed by atoms with Crippen molar-refractivity contribution in [3.8, 4) is 0 Å². The number of benzene rings is 1. The zero-order chi connectivity index (χ0) is 13.8. The normalized spacial score (nSPS) is 10.9. The van der Waals surface area contributed by atoms with Crippen molar-refractivity contribution in [2.45, 2.75) is 12.7 Å². The van der Waals surface area contributed by atoms with Crippen molar-refractivity contribution in [3.63, 3.8) is 0 Å². The third-order valence-electron chi connectivity index (χ3n) is 2.08. The van der Waals surface area contributed by atoms with E-state index < -0.39 is 23.6 Å². The van der Waals surface area contributed by atoms with E-state index in [2.05, 4.69) is 10.1 Å². The van der Waals surface area contributed by atoms with E-state index in [1.165, 1.54) is 12.1 Å². The molecule has 0 saturated heterocycles. The number of alkyl halides is 3. The van der Waals surface area contributed by atoms with Gasteiger partial charge in [0.2, 0.25) is 0 Å². The monoisotopic (exact) mass is 261 g/mol. The Morgan fingerprint density at radius 2 is 2.00 bits per heavy atom. The van der Waals surface area contributed by atoms with Gasteiger partial charge in [-0.3, -0.25) is 4.79 Å². The molecule has 98 valence electrons. The van der Waals surface area contributed by atoms with Crippen LogP contribution in [0.5, 0.6) is 0 Å². The van der Waals surface area contributed by atoms with Gasteiger partial charge >= 0.3 is 18.1 Å². The summed E-state index contributed by atoms with van der Waals surface area (Å²) in [6.45, 7) is -0.183. The summed E-state index contributed by atoms with van der Waals surface area (Å²) in [6.07, 6.45) is -4.44. The molecule has 0 spiro atoms. The number of halogens is 3. The van der Waals surface area contributed by atoms with Crippen molar-refractivity contribution in [2.24, 2.45) is 0 Å². The minimum atomic E-state index is -4.44. The molecule has 0 aromatic heterocycles. The van der Waals surface area contributed by atoms with Crippen LogP contribution in [0.1, 0.15) is 11.1 Å². The van der Waals surface area contributed by atoms with Gasteiger partial charge < -0.3 is 10.1 Å². The predicted octanol–water partition coefficient (Wildman–Crippen LogP) is 1.49. The highest BCUT2D eigenvalue weighted by molar-refractivity contribution is 6.32. The maximum absolute atomic E-state index is 12.4. The van der Waals surface area contributed by atoms with Crippen LogP contribution in [-0.4, -0.2) is 19.0 Å². The molecule has 0 saturated carbocycles. The summed E-state index contributed by atoms with van der Waals surface area (Å²) in [6, 6.07) is 4.46. The number of esters is 1. The average molecular weight is 261 g/mol. The molecule has 18 heavy (non-hydrogen) atoms. The van der Waals surface area contributed by atoms with Gasteiger partial charge in [0.1, 0.15) is 0 Å². The number of rotatable bonds is 2. The zero-order valence-electron chi connectivity index (χ0n) is 9.38. The van der Waals surface area contributed by atoms with Crippen molar-refractivity contribution in [1.82, 2.24) is 5.32 Å². The third-order valence-corrected chi connectivity index (χ3v) is 2.08. The van der Waals surface area contributed by atoms with Crippen LogP contribution < -0.4 is 5.32 Å². The second-order valence-corrected chi connectivity index (χ2v) is 3.37. The summed E-state index contributed by atoms with van der Waals surface area (Å²) >= 11 is 0. The van der Waals surface area contributed by atoms with Crippen LogP contribution in [-0.2, 0) is 27.0 Å². The number of hydrogen-bond donors (Lipinski definition) is 1. The Bertz CT molecular complexity index is 457. The number of methoxy groups -OCH3 is 1. The minimum Gasteiger partial charge on any atom is -0.462 e. The molecule has 1 aromatic rings. The highest BCUT2D eigenvalue weighted by atomic mass is 19.4. The average Bonchev–Trinajstić information content (AvgIpc) is 2.34. The maximum atomic E-state index is 12.4. The number of ether oxygens (including phenoxy) is 1. The van der Waals surface area contributed by atoms with Crippen molar-refractivity contribution in [1.29, 1.82) is 0 Å². The van der Waals surface area contributed by atoms with Crippen molar-refractivity contribution in [3.05, 3.63) is 35.4 Å². The van der Waals surface area contributed by atoms with E-state index in [1.807, 2.05) is 0 Å². The van der Waals surface area contributed by atoms with Crippen LogP contribution in [0, 0.1) is 0 Å². The smallest absolute Gasteiger partial charge is 0.416 e. The minimum absolute atomic E-state index is 0.183. The predicted molar refractivity (Wildman–Crippen MR) is 55.3 cm³/mol. The Morgan fingerprint density at radius 3 is 2.56 bits per heavy atom. The fourth-order valence-electron chi connectivity index (χ4n) is 1.20. The molecule has 1 amide bonds. The van der Waals surface area contributed by atoms with Crippen LogP contribution in [0.15, 0.2) is 24.3 Å². The van der Waals surface area contributed by atoms with E-state index in [-0.39, 0.29) is 12.1 Å². The summed E-state index contributed by atoms with van der Waals surface area (Å²) in [4.78, 5) is 21.8. The van der Waals surface area contributed by atoms with E-state index in [0.717, 1.165) is 19.2 Å². The van der Waals surface area contributed by atoms with E-state index in [9.17, 15) is 22.8 Å². The summed E-state index contributed by atoms with van der Waals surface area (Å²) in [5, 5.41) is 2.15. The first-order valence-corrected chi connectivity index (χ1v) is 4.87. The Hall–Kier alpha value is -2.05. The first-order valence-electron chi connectivity index (χ1n) is 4.87. The van der Waals surface area contributed by atoms with E-state index in [1.54, 1.807) is 0 Å². The maximum Gasteiger partial charge on any atom is 0.416 e. The Kier molecular flexibility index (Phi) is 4.30. The molecule has 0 atom stereocenters. The van der Waals surface area contributed by atoms with Gasteiger partial charge in [0.15, 0.2) is 0 Å². The molecule has 1 rings (SSSR count). The number of carbonyl (C=O) groups is 2. The summed E-state index contributed by atoms with van der Waals surface area (Å²) in [5.74, 6) is -2.10. The second kappa shape index (κ2) is 5.52. The highest BCUT2D eigenvalue weighted by Crippen LogP contribution is 2.29. The number of hydrogen-bond acceptors (Lipinski definition) is 3. The van der Waals surface area contributed by atoms with Gasteiger partial charge in [0, 0.05) is 6.54 Å². The van der Waals surface area contributed by atoms with Crippen LogP contribution in [0.4, 0.5) is 13.2 Å². The number of nitrogens with one attached hydrogen (secondary N) is 1. The van der Waals surface area contributed by atoms with Crippen LogP contribution in [0.2, 0.25) is 0 Å². The van der Waals surface area contributed by atoms with Gasteiger partial charge in [0.05, 0.1) is 12.7 Å². The molecule has 0 heterocycles. The molecule has 0 aliphatic heterocycles. The van der Waals surface area contributed by atoms with E-state index >= 15 is 0 Å². The largest absolute Gasteiger partial charge is 0.462 e. The summed E-state index contributed by atoms with van der Waals surface area (Å²) in [5.41, 5.74) is -0.575. The number of carbonyl (C=O) groups excluding carboxylic acids is 2. The molecular formula is C11H10F3NO3. The van der Waals surface area contributed by atoms with Crippen LogP contribution in [0.25, 0.3) is 0 Å². The Labute approximate surface area is 101 Å². The molecular weight excluding hydrogens is 251 g/mol. The summed E-state index contributed by atoms with van der Waals surface area (Å²) < 4.78 is 41.3. The first-order chi connectivity index (χ1) is 8.34. The van der Waals surface area contributed by atoms with Gasteiger partial charge in [-0.15, -0.1) is 0 Å². The van der Waals surface area contributed by atoms with Gasteiger partial charge in [0.25, 0.3) is 0 Å². The SMILES string of the molecule is COC(=O)C(=O)NCc1cccc(C(F)(F)F)c1. The second-order valence-electron chi connectivity index (χ2n) is 3.37. The Balaban J connectivity index is 2.69. The topological polar surface area (TPSA) is 55.4 Å². The molecule has 0 aliphatic carbocycles. The highest BCUT2D eigenvalue weighted by Gasteiger charge is 2.30. The molecule has 7 heteroatoms. The third kappa shape index (κ3) is 3.76. The fourth-order valence-corrected chi connectivity index (χ4v) is 1.20. The molecule has 0 aliphatic rings. The van der Waals surface area contributed by atoms with Gasteiger partial charge in [-0.1, -0.05) is 12.1 Å².